The number of phenols is 2. The molecule has 2 rings (SSSR count). The molecular weight excluding hydrogens is 282 g/mol. The van der Waals surface area contributed by atoms with Gasteiger partial charge in [0.2, 0.25) is 0 Å². The first kappa shape index (κ1) is 15.6. The van der Waals surface area contributed by atoms with Crippen molar-refractivity contribution in [3.63, 3.8) is 0 Å². The van der Waals surface area contributed by atoms with Gasteiger partial charge in [0.15, 0.2) is 0 Å². The number of aliphatic imine (C=N–C) groups is 1. The number of carbonyl (C=O) groups excluding carboxylic acids is 1. The van der Waals surface area contributed by atoms with E-state index in [1.54, 1.807) is 43.3 Å². The Hall–Kier alpha value is -2.82. The van der Waals surface area contributed by atoms with E-state index in [0.29, 0.717) is 16.8 Å². The van der Waals surface area contributed by atoms with Crippen molar-refractivity contribution < 1.29 is 19.7 Å². The lowest BCUT2D eigenvalue weighted by Crippen LogP contribution is -2.12. The van der Waals surface area contributed by atoms with Gasteiger partial charge in [-0.05, 0) is 31.2 Å². The topological polar surface area (TPSA) is 79.1 Å². The molecule has 0 heterocycles. The predicted molar refractivity (Wildman–Crippen MR) is 83.4 cm³/mol. The van der Waals surface area contributed by atoms with E-state index >= 15 is 0 Å². The van der Waals surface area contributed by atoms with Gasteiger partial charge in [-0.2, -0.15) is 0 Å². The van der Waals surface area contributed by atoms with E-state index in [4.69, 9.17) is 4.74 Å². The predicted octanol–water partition coefficient (Wildman–Crippen LogP) is 2.50. The maximum Gasteiger partial charge on any atom is 0.327 e. The van der Waals surface area contributed by atoms with Crippen LogP contribution in [-0.4, -0.2) is 35.0 Å². The van der Waals surface area contributed by atoms with Crippen LogP contribution in [0.15, 0.2) is 53.5 Å². The van der Waals surface area contributed by atoms with Crippen molar-refractivity contribution in [2.45, 2.75) is 6.92 Å². The summed E-state index contributed by atoms with van der Waals surface area (Å²) >= 11 is 0. The molecule has 5 heteroatoms. The number of carbonyl (C=O) groups is 1. The number of ether oxygens (including phenoxy) is 1. The van der Waals surface area contributed by atoms with Crippen LogP contribution < -0.4 is 0 Å². The van der Waals surface area contributed by atoms with Crippen molar-refractivity contribution in [3.05, 3.63) is 59.7 Å². The molecule has 0 bridgehead atoms. The molecule has 0 saturated heterocycles. The number of rotatable bonds is 5. The SMILES string of the molecule is CCOC(=O)CN=C(c1ccccc1O)c1ccccc1O. The van der Waals surface area contributed by atoms with Crippen LogP contribution in [0.25, 0.3) is 0 Å². The largest absolute Gasteiger partial charge is 0.507 e. The van der Waals surface area contributed by atoms with E-state index in [1.807, 2.05) is 0 Å². The molecule has 0 aliphatic carbocycles. The van der Waals surface area contributed by atoms with Gasteiger partial charge in [-0.25, -0.2) is 0 Å². The molecule has 2 N–H and O–H groups in total. The Morgan fingerprint density at radius 2 is 1.50 bits per heavy atom. The summed E-state index contributed by atoms with van der Waals surface area (Å²) in [6.07, 6.45) is 0. The maximum atomic E-state index is 11.5. The molecule has 0 radical (unpaired) electrons. The fraction of sp³-hybridized carbons (Fsp3) is 0.176. The minimum absolute atomic E-state index is 0.0216. The van der Waals surface area contributed by atoms with Crippen LogP contribution in [-0.2, 0) is 9.53 Å². The van der Waals surface area contributed by atoms with Crippen LogP contribution in [0.2, 0.25) is 0 Å². The Labute approximate surface area is 128 Å². The second-order valence-corrected chi connectivity index (χ2v) is 4.50. The van der Waals surface area contributed by atoms with Crippen LogP contribution in [0.4, 0.5) is 0 Å². The molecule has 0 aliphatic heterocycles. The standard InChI is InChI=1S/C17H17NO4/c1-2-22-16(21)11-18-17(12-7-3-5-9-14(12)19)13-8-4-6-10-15(13)20/h3-10,19-20H,2,11H2,1H3. The summed E-state index contributed by atoms with van der Waals surface area (Å²) in [6.45, 7) is 1.80. The summed E-state index contributed by atoms with van der Waals surface area (Å²) in [5.41, 5.74) is 1.21. The van der Waals surface area contributed by atoms with E-state index < -0.39 is 5.97 Å². The number of hydrogen-bond acceptors (Lipinski definition) is 5. The van der Waals surface area contributed by atoms with Gasteiger partial charge >= 0.3 is 5.97 Å². The average molecular weight is 299 g/mol. The lowest BCUT2D eigenvalue weighted by Gasteiger charge is -2.11. The summed E-state index contributed by atoms with van der Waals surface area (Å²) in [6, 6.07) is 13.3. The first-order valence-corrected chi connectivity index (χ1v) is 6.90. The van der Waals surface area contributed by atoms with Gasteiger partial charge in [0.1, 0.15) is 18.0 Å². The van der Waals surface area contributed by atoms with Gasteiger partial charge in [-0.1, -0.05) is 24.3 Å². The van der Waals surface area contributed by atoms with Crippen molar-refractivity contribution in [2.24, 2.45) is 4.99 Å². The van der Waals surface area contributed by atoms with E-state index in [1.165, 1.54) is 12.1 Å². The van der Waals surface area contributed by atoms with Gasteiger partial charge in [0.25, 0.3) is 0 Å². The van der Waals surface area contributed by atoms with Crippen LogP contribution in [0.3, 0.4) is 0 Å². The van der Waals surface area contributed by atoms with E-state index in [-0.39, 0.29) is 24.7 Å². The second kappa shape index (κ2) is 7.26. The number of para-hydroxylation sites is 2. The van der Waals surface area contributed by atoms with E-state index in [9.17, 15) is 15.0 Å². The van der Waals surface area contributed by atoms with Crippen LogP contribution in [0.5, 0.6) is 11.5 Å². The minimum Gasteiger partial charge on any atom is -0.507 e. The first-order chi connectivity index (χ1) is 10.6. The van der Waals surface area contributed by atoms with Crippen molar-refractivity contribution in [2.75, 3.05) is 13.2 Å². The lowest BCUT2D eigenvalue weighted by atomic mass is 10.0. The van der Waals surface area contributed by atoms with E-state index in [2.05, 4.69) is 4.99 Å². The third-order valence-electron chi connectivity index (χ3n) is 2.99. The maximum absolute atomic E-state index is 11.5. The first-order valence-electron chi connectivity index (χ1n) is 6.90. The summed E-state index contributed by atoms with van der Waals surface area (Å²) in [4.78, 5) is 15.8. The van der Waals surface area contributed by atoms with Crippen LogP contribution >= 0.6 is 0 Å². The highest BCUT2D eigenvalue weighted by atomic mass is 16.5. The molecule has 114 valence electrons. The summed E-state index contributed by atoms with van der Waals surface area (Å²) in [5, 5.41) is 20.0. The zero-order valence-electron chi connectivity index (χ0n) is 12.2. The molecule has 5 nitrogen and oxygen atoms in total. The van der Waals surface area contributed by atoms with Crippen molar-refractivity contribution in [1.82, 2.24) is 0 Å². The van der Waals surface area contributed by atoms with Gasteiger partial charge < -0.3 is 14.9 Å². The van der Waals surface area contributed by atoms with Crippen molar-refractivity contribution in [1.29, 1.82) is 0 Å². The highest BCUT2D eigenvalue weighted by molar-refractivity contribution is 6.16. The zero-order chi connectivity index (χ0) is 15.9. The Bertz CT molecular complexity index is 647. The fourth-order valence-corrected chi connectivity index (χ4v) is 2.01. The van der Waals surface area contributed by atoms with Crippen LogP contribution in [0.1, 0.15) is 18.1 Å². The third kappa shape index (κ3) is 3.63. The van der Waals surface area contributed by atoms with Crippen molar-refractivity contribution in [3.8, 4) is 11.5 Å². The molecule has 0 aromatic heterocycles. The van der Waals surface area contributed by atoms with Gasteiger partial charge in [-0.3, -0.25) is 9.79 Å². The highest BCUT2D eigenvalue weighted by Crippen LogP contribution is 2.25. The molecule has 0 saturated carbocycles. The second-order valence-electron chi connectivity index (χ2n) is 4.50. The fourth-order valence-electron chi connectivity index (χ4n) is 2.01. The summed E-state index contributed by atoms with van der Waals surface area (Å²) in [5.74, 6) is -0.424. The summed E-state index contributed by atoms with van der Waals surface area (Å²) in [7, 11) is 0. The Morgan fingerprint density at radius 1 is 1.00 bits per heavy atom. The van der Waals surface area contributed by atoms with Gasteiger partial charge in [0, 0.05) is 11.1 Å². The zero-order valence-corrected chi connectivity index (χ0v) is 12.2. The van der Waals surface area contributed by atoms with Gasteiger partial charge in [0.05, 0.1) is 12.3 Å². The average Bonchev–Trinajstić information content (AvgIpc) is 2.51. The molecule has 0 amide bonds. The monoisotopic (exact) mass is 299 g/mol. The highest BCUT2D eigenvalue weighted by Gasteiger charge is 2.15. The normalized spacial score (nSPS) is 10.0. The number of aromatic hydroxyl groups is 2. The molecule has 22 heavy (non-hydrogen) atoms. The number of phenolic OH excluding ortho intramolecular Hbond substituents is 2. The number of nitrogens with zero attached hydrogens (tertiary/aromatic N) is 1. The Morgan fingerprint density at radius 3 is 1.95 bits per heavy atom. The number of esters is 1. The quantitative estimate of drug-likeness (QED) is 0.656. The van der Waals surface area contributed by atoms with E-state index in [0.717, 1.165) is 0 Å². The minimum atomic E-state index is -0.467. The van der Waals surface area contributed by atoms with Crippen molar-refractivity contribution >= 4 is 11.7 Å². The molecule has 0 fully saturated rings. The lowest BCUT2D eigenvalue weighted by molar-refractivity contribution is -0.141. The van der Waals surface area contributed by atoms with Gasteiger partial charge in [-0.15, -0.1) is 0 Å². The molecule has 0 atom stereocenters. The molecular formula is C17H17NO4. The molecule has 0 unspecified atom stereocenters. The Balaban J connectivity index is 2.46. The molecule has 2 aromatic rings. The van der Waals surface area contributed by atoms with Crippen LogP contribution in [0, 0.1) is 0 Å². The molecule has 2 aromatic carbocycles. The third-order valence-corrected chi connectivity index (χ3v) is 2.99. The number of benzene rings is 2. The summed E-state index contributed by atoms with van der Waals surface area (Å²) < 4.78 is 4.85. The smallest absolute Gasteiger partial charge is 0.327 e. The molecule has 0 aliphatic rings. The Kier molecular flexibility index (Phi) is 5.14. The molecule has 0 spiro atoms. The number of hydrogen-bond donors (Lipinski definition) is 2.